The lowest BCUT2D eigenvalue weighted by Crippen LogP contribution is -2.45. The summed E-state index contributed by atoms with van der Waals surface area (Å²) in [6.07, 6.45) is 0. The molecule has 1 saturated heterocycles. The average Bonchev–Trinajstić information content (AvgIpc) is 2.56. The molecule has 1 fully saturated rings. The van der Waals surface area contributed by atoms with E-state index in [-0.39, 0.29) is 6.61 Å². The average molecular weight is 297 g/mol. The van der Waals surface area contributed by atoms with Gasteiger partial charge in [0.2, 0.25) is 0 Å². The number of para-hydroxylation sites is 2. The molecule has 114 valence electrons. The van der Waals surface area contributed by atoms with Gasteiger partial charge >= 0.3 is 0 Å². The van der Waals surface area contributed by atoms with Crippen LogP contribution in [0.25, 0.3) is 11.0 Å². The molecule has 0 amide bonds. The second kappa shape index (κ2) is 6.26. The summed E-state index contributed by atoms with van der Waals surface area (Å²) in [7, 11) is 2.09. The Labute approximate surface area is 129 Å². The monoisotopic (exact) mass is 297 g/mol. The molecule has 0 aliphatic carbocycles. The highest BCUT2D eigenvalue weighted by atomic mass is 16.3. The number of fused-ring (bicyclic) bond motifs is 1. The van der Waals surface area contributed by atoms with E-state index in [1.807, 2.05) is 24.3 Å². The highest BCUT2D eigenvalue weighted by molar-refractivity contribution is 5.77. The highest BCUT2D eigenvalue weighted by Gasteiger charge is 2.24. The number of rotatable bonds is 3. The Bertz CT molecular complexity index is 703. The van der Waals surface area contributed by atoms with Crippen LogP contribution in [-0.4, -0.2) is 59.8 Å². The first kappa shape index (κ1) is 14.7. The van der Waals surface area contributed by atoms with Gasteiger partial charge in [-0.05, 0) is 19.2 Å². The van der Waals surface area contributed by atoms with Crippen LogP contribution in [-0.2, 0) is 0 Å². The van der Waals surface area contributed by atoms with E-state index in [9.17, 15) is 10.4 Å². The van der Waals surface area contributed by atoms with Crippen molar-refractivity contribution in [2.45, 2.75) is 5.92 Å². The Morgan fingerprint density at radius 2 is 1.82 bits per heavy atom. The lowest BCUT2D eigenvalue weighted by molar-refractivity contribution is 0.283. The molecular weight excluding hydrogens is 278 g/mol. The zero-order valence-corrected chi connectivity index (χ0v) is 12.6. The van der Waals surface area contributed by atoms with Crippen molar-refractivity contribution in [3.8, 4) is 6.07 Å². The van der Waals surface area contributed by atoms with Crippen LogP contribution in [0.3, 0.4) is 0 Å². The molecular formula is C16H19N5O. The van der Waals surface area contributed by atoms with Crippen LogP contribution in [0, 0.1) is 11.3 Å². The molecule has 1 aromatic heterocycles. The van der Waals surface area contributed by atoms with Crippen molar-refractivity contribution in [3.05, 3.63) is 30.0 Å². The Balaban J connectivity index is 2.09. The number of likely N-dealkylation sites (N-methyl/N-ethyl adjacent to an activating group) is 1. The normalized spacial score (nSPS) is 17.4. The molecule has 1 unspecified atom stereocenters. The fourth-order valence-corrected chi connectivity index (χ4v) is 2.68. The first-order valence-corrected chi connectivity index (χ1v) is 7.43. The Morgan fingerprint density at radius 1 is 1.18 bits per heavy atom. The van der Waals surface area contributed by atoms with Crippen molar-refractivity contribution < 1.29 is 5.11 Å². The fourth-order valence-electron chi connectivity index (χ4n) is 2.68. The van der Waals surface area contributed by atoms with Gasteiger partial charge in [0.05, 0.1) is 23.7 Å². The lowest BCUT2D eigenvalue weighted by atomic mass is 10.1. The zero-order valence-electron chi connectivity index (χ0n) is 12.6. The van der Waals surface area contributed by atoms with Gasteiger partial charge in [-0.3, -0.25) is 0 Å². The number of nitriles is 1. The van der Waals surface area contributed by atoms with Crippen LogP contribution in [0.15, 0.2) is 24.3 Å². The second-order valence-electron chi connectivity index (χ2n) is 5.58. The van der Waals surface area contributed by atoms with Crippen molar-refractivity contribution >= 4 is 16.9 Å². The molecule has 2 heterocycles. The molecule has 0 spiro atoms. The van der Waals surface area contributed by atoms with Crippen LogP contribution >= 0.6 is 0 Å². The molecule has 6 nitrogen and oxygen atoms in total. The van der Waals surface area contributed by atoms with E-state index in [2.05, 4.69) is 27.9 Å². The quantitative estimate of drug-likeness (QED) is 0.910. The molecule has 6 heteroatoms. The predicted molar refractivity (Wildman–Crippen MR) is 84.7 cm³/mol. The van der Waals surface area contributed by atoms with Crippen LogP contribution in [0.2, 0.25) is 0 Å². The minimum absolute atomic E-state index is 0.246. The molecule has 2 aromatic rings. The molecule has 1 atom stereocenters. The highest BCUT2D eigenvalue weighted by Crippen LogP contribution is 2.27. The molecule has 1 aliphatic heterocycles. The van der Waals surface area contributed by atoms with E-state index >= 15 is 0 Å². The summed E-state index contributed by atoms with van der Waals surface area (Å²) in [6.45, 7) is 3.35. The van der Waals surface area contributed by atoms with E-state index < -0.39 is 5.92 Å². The van der Waals surface area contributed by atoms with Gasteiger partial charge in [0.1, 0.15) is 11.6 Å². The molecule has 0 saturated carbocycles. The summed E-state index contributed by atoms with van der Waals surface area (Å²) in [5.41, 5.74) is 2.15. The van der Waals surface area contributed by atoms with Crippen molar-refractivity contribution in [2.24, 2.45) is 0 Å². The maximum absolute atomic E-state index is 9.50. The summed E-state index contributed by atoms with van der Waals surface area (Å²) in [4.78, 5) is 13.8. The number of aromatic nitrogens is 2. The number of hydrogen-bond acceptors (Lipinski definition) is 6. The van der Waals surface area contributed by atoms with Crippen LogP contribution in [0.4, 0.5) is 5.82 Å². The van der Waals surface area contributed by atoms with E-state index in [0.717, 1.165) is 43.0 Å². The summed E-state index contributed by atoms with van der Waals surface area (Å²) >= 11 is 0. The van der Waals surface area contributed by atoms with Gasteiger partial charge in [-0.1, -0.05) is 12.1 Å². The van der Waals surface area contributed by atoms with E-state index in [1.165, 1.54) is 0 Å². The molecule has 22 heavy (non-hydrogen) atoms. The van der Waals surface area contributed by atoms with Gasteiger partial charge in [-0.15, -0.1) is 0 Å². The van der Waals surface area contributed by atoms with Gasteiger partial charge in [0, 0.05) is 26.2 Å². The van der Waals surface area contributed by atoms with Crippen molar-refractivity contribution in [2.75, 3.05) is 44.7 Å². The van der Waals surface area contributed by atoms with Gasteiger partial charge in [0.25, 0.3) is 0 Å². The van der Waals surface area contributed by atoms with Crippen LogP contribution < -0.4 is 4.90 Å². The van der Waals surface area contributed by atoms with Crippen molar-refractivity contribution in [1.82, 2.24) is 14.9 Å². The number of nitrogens with zero attached hydrogens (tertiary/aromatic N) is 5. The third-order valence-corrected chi connectivity index (χ3v) is 4.05. The third kappa shape index (κ3) is 2.73. The predicted octanol–water partition coefficient (Wildman–Crippen LogP) is 0.981. The van der Waals surface area contributed by atoms with E-state index in [4.69, 9.17) is 4.98 Å². The molecule has 0 radical (unpaired) electrons. The first-order chi connectivity index (χ1) is 10.7. The summed E-state index contributed by atoms with van der Waals surface area (Å²) in [5, 5.41) is 18.8. The van der Waals surface area contributed by atoms with Crippen molar-refractivity contribution in [1.29, 1.82) is 5.26 Å². The summed E-state index contributed by atoms with van der Waals surface area (Å²) in [6, 6.07) is 9.76. The number of anilines is 1. The Hall–Kier alpha value is -2.23. The first-order valence-electron chi connectivity index (χ1n) is 7.43. The maximum atomic E-state index is 9.50. The van der Waals surface area contributed by atoms with Gasteiger partial charge in [-0.25, -0.2) is 9.97 Å². The van der Waals surface area contributed by atoms with Gasteiger partial charge < -0.3 is 14.9 Å². The number of benzene rings is 1. The summed E-state index contributed by atoms with van der Waals surface area (Å²) in [5.74, 6) is 0.0826. The fraction of sp³-hybridized carbons (Fsp3) is 0.438. The Kier molecular flexibility index (Phi) is 4.18. The standard InChI is InChI=1S/C16H19N5O/c1-20-6-8-21(9-7-20)16-15(12(10-17)11-22)18-13-4-2-3-5-14(13)19-16/h2-5,12,22H,6-9,11H2,1H3. The van der Waals surface area contributed by atoms with Gasteiger partial charge in [0.15, 0.2) is 5.82 Å². The topological polar surface area (TPSA) is 76.3 Å². The van der Waals surface area contributed by atoms with Crippen molar-refractivity contribution in [3.63, 3.8) is 0 Å². The Morgan fingerprint density at radius 3 is 2.41 bits per heavy atom. The van der Waals surface area contributed by atoms with E-state index in [1.54, 1.807) is 0 Å². The molecule has 1 aromatic carbocycles. The van der Waals surface area contributed by atoms with Crippen LogP contribution in [0.5, 0.6) is 0 Å². The largest absolute Gasteiger partial charge is 0.395 e. The molecule has 1 N–H and O–H groups in total. The molecule has 0 bridgehead atoms. The molecule has 3 rings (SSSR count). The number of piperazine rings is 1. The number of hydrogen-bond donors (Lipinski definition) is 1. The summed E-state index contributed by atoms with van der Waals surface area (Å²) < 4.78 is 0. The zero-order chi connectivity index (χ0) is 15.5. The number of aliphatic hydroxyl groups is 1. The lowest BCUT2D eigenvalue weighted by Gasteiger charge is -2.34. The van der Waals surface area contributed by atoms with Crippen LogP contribution in [0.1, 0.15) is 11.6 Å². The molecule has 1 aliphatic rings. The minimum Gasteiger partial charge on any atom is -0.395 e. The smallest absolute Gasteiger partial charge is 0.152 e. The maximum Gasteiger partial charge on any atom is 0.152 e. The SMILES string of the molecule is CN1CCN(c2nc3ccccc3nc2C(C#N)CO)CC1. The third-order valence-electron chi connectivity index (χ3n) is 4.05. The van der Waals surface area contributed by atoms with E-state index in [0.29, 0.717) is 5.69 Å². The second-order valence-corrected chi connectivity index (χ2v) is 5.58. The number of aliphatic hydroxyl groups excluding tert-OH is 1. The minimum atomic E-state index is -0.647. The van der Waals surface area contributed by atoms with Gasteiger partial charge in [-0.2, -0.15) is 5.26 Å².